The smallest absolute Gasteiger partial charge is 0.253 e. The van der Waals surface area contributed by atoms with Crippen LogP contribution in [0.2, 0.25) is 0 Å². The fourth-order valence-electron chi connectivity index (χ4n) is 2.15. The number of nitrogens with zero attached hydrogens (tertiary/aromatic N) is 1. The molecule has 0 spiro atoms. The van der Waals surface area contributed by atoms with Gasteiger partial charge in [0.15, 0.2) is 0 Å². The van der Waals surface area contributed by atoms with Gasteiger partial charge in [-0.05, 0) is 48.8 Å². The first kappa shape index (κ1) is 14.5. The van der Waals surface area contributed by atoms with Crippen LogP contribution < -0.4 is 5.32 Å². The molecule has 2 rings (SSSR count). The van der Waals surface area contributed by atoms with E-state index < -0.39 is 10.0 Å². The highest BCUT2D eigenvalue weighted by atomic mass is 79.9. The topological polar surface area (TPSA) is 49.4 Å². The van der Waals surface area contributed by atoms with E-state index in [-0.39, 0.29) is 6.04 Å². The second kappa shape index (κ2) is 5.58. The molecular formula is C11H17BrN2O2S2. The van der Waals surface area contributed by atoms with E-state index in [1.165, 1.54) is 11.3 Å². The lowest BCUT2D eigenvalue weighted by Gasteiger charge is -2.31. The number of nitrogens with one attached hydrogen (secondary N) is 1. The van der Waals surface area contributed by atoms with Gasteiger partial charge in [0, 0.05) is 28.5 Å². The highest BCUT2D eigenvalue weighted by Crippen LogP contribution is 2.34. The molecule has 2 heterocycles. The summed E-state index contributed by atoms with van der Waals surface area (Å²) in [5.74, 6) is 0. The molecule has 1 aliphatic heterocycles. The maximum atomic E-state index is 12.6. The molecule has 7 heteroatoms. The molecule has 0 aliphatic carbocycles. The number of sulfonamides is 1. The van der Waals surface area contributed by atoms with Gasteiger partial charge in [-0.25, -0.2) is 8.42 Å². The monoisotopic (exact) mass is 352 g/mol. The summed E-state index contributed by atoms with van der Waals surface area (Å²) in [6.07, 6.45) is 1.94. The van der Waals surface area contributed by atoms with Gasteiger partial charge in [0.2, 0.25) is 0 Å². The van der Waals surface area contributed by atoms with Crippen molar-refractivity contribution in [2.45, 2.75) is 30.0 Å². The summed E-state index contributed by atoms with van der Waals surface area (Å²) in [6, 6.07) is 2.12. The summed E-state index contributed by atoms with van der Waals surface area (Å²) in [5.41, 5.74) is 0. The first-order chi connectivity index (χ1) is 8.45. The first-order valence-corrected chi connectivity index (χ1v) is 8.93. The van der Waals surface area contributed by atoms with Gasteiger partial charge in [0.1, 0.15) is 4.21 Å². The second-order valence-electron chi connectivity index (χ2n) is 4.48. The summed E-state index contributed by atoms with van der Waals surface area (Å²) in [4.78, 5) is 1.00. The lowest BCUT2D eigenvalue weighted by Crippen LogP contribution is -2.46. The summed E-state index contributed by atoms with van der Waals surface area (Å²) < 4.78 is 27.8. The van der Waals surface area contributed by atoms with Gasteiger partial charge in [-0.3, -0.25) is 0 Å². The average Bonchev–Trinajstić information content (AvgIpc) is 2.69. The Morgan fingerprint density at radius 1 is 1.56 bits per heavy atom. The third kappa shape index (κ3) is 2.80. The van der Waals surface area contributed by atoms with Gasteiger partial charge >= 0.3 is 0 Å². The predicted molar refractivity (Wildman–Crippen MR) is 77.6 cm³/mol. The fourth-order valence-corrected chi connectivity index (χ4v) is 6.55. The molecule has 4 nitrogen and oxygen atoms in total. The quantitative estimate of drug-likeness (QED) is 0.906. The van der Waals surface area contributed by atoms with Crippen molar-refractivity contribution in [1.82, 2.24) is 9.62 Å². The van der Waals surface area contributed by atoms with E-state index in [2.05, 4.69) is 21.2 Å². The number of rotatable bonds is 3. The van der Waals surface area contributed by atoms with Gasteiger partial charge in [0.05, 0.1) is 0 Å². The van der Waals surface area contributed by atoms with Crippen molar-refractivity contribution >= 4 is 37.3 Å². The van der Waals surface area contributed by atoms with Crippen LogP contribution in [0.3, 0.4) is 0 Å². The summed E-state index contributed by atoms with van der Waals surface area (Å²) in [7, 11) is -1.47. The van der Waals surface area contributed by atoms with Crippen LogP contribution >= 0.6 is 27.3 Å². The van der Waals surface area contributed by atoms with Crippen LogP contribution in [0.15, 0.2) is 14.7 Å². The Labute approximate surface area is 121 Å². The van der Waals surface area contributed by atoms with Crippen molar-refractivity contribution in [3.8, 4) is 0 Å². The Balaban J connectivity index is 2.28. The van der Waals surface area contributed by atoms with E-state index >= 15 is 0 Å². The minimum atomic E-state index is -3.35. The zero-order valence-electron chi connectivity index (χ0n) is 10.4. The van der Waals surface area contributed by atoms with Crippen molar-refractivity contribution < 1.29 is 8.42 Å². The minimum Gasteiger partial charge on any atom is -0.316 e. The van der Waals surface area contributed by atoms with Crippen LogP contribution in [0.5, 0.6) is 0 Å². The van der Waals surface area contributed by atoms with Gasteiger partial charge < -0.3 is 5.32 Å². The van der Waals surface area contributed by atoms with Crippen molar-refractivity contribution in [2.24, 2.45) is 0 Å². The van der Waals surface area contributed by atoms with E-state index in [1.807, 2.05) is 20.0 Å². The molecule has 1 N–H and O–H groups in total. The molecule has 18 heavy (non-hydrogen) atoms. The predicted octanol–water partition coefficient (Wildman–Crippen LogP) is 2.19. The van der Waals surface area contributed by atoms with Gasteiger partial charge in [0.25, 0.3) is 10.0 Å². The highest BCUT2D eigenvalue weighted by Gasteiger charge is 2.32. The zero-order valence-corrected chi connectivity index (χ0v) is 13.7. The lowest BCUT2D eigenvalue weighted by atomic mass is 10.1. The van der Waals surface area contributed by atoms with Gasteiger partial charge in [-0.1, -0.05) is 0 Å². The summed E-state index contributed by atoms with van der Waals surface area (Å²) >= 11 is 4.67. The standard InChI is InChI=1S/C11H17BrN2O2S2/c1-8-6-10(12)11(17-8)18(15,16)14-5-3-4-9(7-14)13-2/h6,9,13H,3-5,7H2,1-2H3. The SMILES string of the molecule is CNC1CCCN(S(=O)(=O)c2sc(C)cc2Br)C1. The van der Waals surface area contributed by atoms with Crippen molar-refractivity contribution in [3.05, 3.63) is 15.4 Å². The zero-order chi connectivity index (χ0) is 13.3. The molecule has 102 valence electrons. The normalized spacial score (nSPS) is 22.3. The minimum absolute atomic E-state index is 0.258. The van der Waals surface area contributed by atoms with Gasteiger partial charge in [-0.15, -0.1) is 11.3 Å². The maximum absolute atomic E-state index is 12.6. The first-order valence-electron chi connectivity index (χ1n) is 5.88. The number of thiophene rings is 1. The van der Waals surface area contributed by atoms with Crippen molar-refractivity contribution in [2.75, 3.05) is 20.1 Å². The average molecular weight is 353 g/mol. The third-order valence-corrected chi connectivity index (χ3v) is 7.72. The molecule has 1 saturated heterocycles. The summed E-state index contributed by atoms with van der Waals surface area (Å²) in [5, 5.41) is 3.16. The van der Waals surface area contributed by atoms with Crippen LogP contribution in [0.1, 0.15) is 17.7 Å². The summed E-state index contributed by atoms with van der Waals surface area (Å²) in [6.45, 7) is 3.09. The molecule has 0 radical (unpaired) electrons. The molecule has 0 aromatic carbocycles. The number of piperidine rings is 1. The molecular weight excluding hydrogens is 336 g/mol. The molecule has 0 bridgehead atoms. The van der Waals surface area contributed by atoms with Crippen LogP contribution in [-0.2, 0) is 10.0 Å². The van der Waals surface area contributed by atoms with E-state index in [0.717, 1.165) is 17.7 Å². The van der Waals surface area contributed by atoms with Crippen LogP contribution in [0, 0.1) is 6.92 Å². The number of aryl methyl sites for hydroxylation is 1. The highest BCUT2D eigenvalue weighted by molar-refractivity contribution is 9.10. The molecule has 1 unspecified atom stereocenters. The molecule has 0 amide bonds. The Kier molecular flexibility index (Phi) is 4.48. The Hall–Kier alpha value is 0.0500. The molecule has 1 fully saturated rings. The molecule has 0 saturated carbocycles. The second-order valence-corrected chi connectivity index (χ2v) is 8.73. The Morgan fingerprint density at radius 2 is 2.28 bits per heavy atom. The van der Waals surface area contributed by atoms with Crippen molar-refractivity contribution in [1.29, 1.82) is 0 Å². The van der Waals surface area contributed by atoms with Crippen molar-refractivity contribution in [3.63, 3.8) is 0 Å². The van der Waals surface area contributed by atoms with E-state index in [4.69, 9.17) is 0 Å². The fraction of sp³-hybridized carbons (Fsp3) is 0.636. The molecule has 1 aromatic rings. The number of likely N-dealkylation sites (N-methyl/N-ethyl adjacent to an activating group) is 1. The Bertz CT molecular complexity index is 527. The molecule has 1 aliphatic rings. The third-order valence-electron chi connectivity index (χ3n) is 3.15. The Morgan fingerprint density at radius 3 is 2.83 bits per heavy atom. The number of hydrogen-bond donors (Lipinski definition) is 1. The van der Waals surface area contributed by atoms with Gasteiger partial charge in [-0.2, -0.15) is 4.31 Å². The maximum Gasteiger partial charge on any atom is 0.253 e. The number of halogens is 1. The largest absolute Gasteiger partial charge is 0.316 e. The molecule has 1 atom stereocenters. The van der Waals surface area contributed by atoms with E-state index in [1.54, 1.807) is 4.31 Å². The van der Waals surface area contributed by atoms with E-state index in [9.17, 15) is 8.42 Å². The van der Waals surface area contributed by atoms with Crippen LogP contribution in [0.25, 0.3) is 0 Å². The van der Waals surface area contributed by atoms with Crippen LogP contribution in [0.4, 0.5) is 0 Å². The van der Waals surface area contributed by atoms with E-state index in [0.29, 0.717) is 21.8 Å². The molecule has 1 aromatic heterocycles. The lowest BCUT2D eigenvalue weighted by molar-refractivity contribution is 0.293. The number of hydrogen-bond acceptors (Lipinski definition) is 4. The van der Waals surface area contributed by atoms with Crippen LogP contribution in [-0.4, -0.2) is 38.9 Å².